The lowest BCUT2D eigenvalue weighted by atomic mass is 10.2. The lowest BCUT2D eigenvalue weighted by molar-refractivity contribution is -0.465. The molecule has 0 bridgehead atoms. The average molecular weight is 298 g/mol. The smallest absolute Gasteiger partial charge is 0.277 e. The van der Waals surface area contributed by atoms with E-state index in [4.69, 9.17) is 0 Å². The summed E-state index contributed by atoms with van der Waals surface area (Å²) in [7, 11) is 0. The van der Waals surface area contributed by atoms with Gasteiger partial charge in [-0.05, 0) is 29.8 Å². The first-order chi connectivity index (χ1) is 10.7. The Balaban J connectivity index is 1.79. The Bertz CT molecular complexity index is 683. The van der Waals surface area contributed by atoms with E-state index in [1.165, 1.54) is 12.1 Å². The summed E-state index contributed by atoms with van der Waals surface area (Å²) in [6.07, 6.45) is 0.460. The van der Waals surface area contributed by atoms with E-state index in [0.717, 1.165) is 11.3 Å². The number of rotatable bonds is 3. The van der Waals surface area contributed by atoms with Crippen molar-refractivity contribution in [3.05, 3.63) is 66.0 Å². The van der Waals surface area contributed by atoms with Crippen LogP contribution in [-0.2, 0) is 11.3 Å². The number of benzene rings is 2. The Morgan fingerprint density at radius 2 is 1.82 bits per heavy atom. The van der Waals surface area contributed by atoms with Crippen LogP contribution in [0.25, 0.3) is 0 Å². The molecule has 4 nitrogen and oxygen atoms in total. The third-order valence-electron chi connectivity index (χ3n) is 3.49. The maximum atomic E-state index is 13.0. The molecule has 1 aliphatic heterocycles. The molecule has 0 aliphatic carbocycles. The molecular weight excluding hydrogens is 281 g/mol. The maximum Gasteiger partial charge on any atom is 0.358 e. The Morgan fingerprint density at radius 3 is 2.55 bits per heavy atom. The van der Waals surface area contributed by atoms with Crippen molar-refractivity contribution in [2.24, 2.45) is 0 Å². The van der Waals surface area contributed by atoms with Crippen molar-refractivity contribution in [2.75, 3.05) is 11.9 Å². The van der Waals surface area contributed by atoms with Gasteiger partial charge in [0.15, 0.2) is 0 Å². The van der Waals surface area contributed by atoms with Gasteiger partial charge in [0, 0.05) is 0 Å². The summed E-state index contributed by atoms with van der Waals surface area (Å²) in [4.78, 5) is 17.1. The summed E-state index contributed by atoms with van der Waals surface area (Å²) < 4.78 is 13.0. The van der Waals surface area contributed by atoms with Crippen molar-refractivity contribution >= 4 is 17.6 Å². The standard InChI is InChI=1S/C17H16FN3O/c18-14-6-8-15(9-7-14)20-17-19-11-10-16(22)21(17)12-13-4-2-1-3-5-13/h1-9H,10-12H2,(H,19,20)/p+1. The van der Waals surface area contributed by atoms with Crippen LogP contribution in [0.4, 0.5) is 10.1 Å². The van der Waals surface area contributed by atoms with Crippen LogP contribution in [0.1, 0.15) is 12.0 Å². The van der Waals surface area contributed by atoms with Gasteiger partial charge in [0.25, 0.3) is 5.91 Å². The van der Waals surface area contributed by atoms with E-state index in [9.17, 15) is 9.18 Å². The molecule has 0 fully saturated rings. The van der Waals surface area contributed by atoms with Crippen LogP contribution in [0.15, 0.2) is 54.6 Å². The van der Waals surface area contributed by atoms with E-state index in [2.05, 4.69) is 10.3 Å². The number of hydrogen-bond donors (Lipinski definition) is 2. The highest BCUT2D eigenvalue weighted by Crippen LogP contribution is 2.11. The molecule has 3 rings (SSSR count). The zero-order chi connectivity index (χ0) is 15.4. The minimum Gasteiger partial charge on any atom is -0.277 e. The Morgan fingerprint density at radius 1 is 1.09 bits per heavy atom. The molecular formula is C17H17FN3O+. The van der Waals surface area contributed by atoms with Crippen molar-refractivity contribution in [1.29, 1.82) is 0 Å². The van der Waals surface area contributed by atoms with Crippen LogP contribution >= 0.6 is 0 Å². The molecule has 0 aromatic heterocycles. The normalized spacial score (nSPS) is 14.7. The van der Waals surface area contributed by atoms with Gasteiger partial charge in [-0.2, -0.15) is 4.90 Å². The van der Waals surface area contributed by atoms with Crippen LogP contribution in [0.3, 0.4) is 0 Å². The molecule has 2 aromatic rings. The van der Waals surface area contributed by atoms with Crippen LogP contribution in [0.5, 0.6) is 0 Å². The largest absolute Gasteiger partial charge is 0.358 e. The number of halogens is 1. The molecule has 0 unspecified atom stereocenters. The first kappa shape index (κ1) is 14.3. The van der Waals surface area contributed by atoms with Crippen LogP contribution in [0.2, 0.25) is 0 Å². The molecule has 22 heavy (non-hydrogen) atoms. The Labute approximate surface area is 128 Å². The second-order valence-electron chi connectivity index (χ2n) is 5.12. The number of anilines is 1. The highest BCUT2D eigenvalue weighted by Gasteiger charge is 2.30. The van der Waals surface area contributed by atoms with Gasteiger partial charge < -0.3 is 0 Å². The highest BCUT2D eigenvalue weighted by molar-refractivity contribution is 6.01. The van der Waals surface area contributed by atoms with Crippen molar-refractivity contribution in [3.8, 4) is 0 Å². The fourth-order valence-electron chi connectivity index (χ4n) is 2.36. The van der Waals surface area contributed by atoms with Crippen molar-refractivity contribution in [1.82, 2.24) is 4.90 Å². The molecule has 112 valence electrons. The van der Waals surface area contributed by atoms with E-state index in [0.29, 0.717) is 25.5 Å². The number of carbonyl (C=O) groups excluding carboxylic acids is 1. The van der Waals surface area contributed by atoms with E-state index < -0.39 is 0 Å². The van der Waals surface area contributed by atoms with Gasteiger partial charge in [-0.3, -0.25) is 9.79 Å². The third-order valence-corrected chi connectivity index (χ3v) is 3.49. The van der Waals surface area contributed by atoms with Crippen LogP contribution < -0.4 is 10.3 Å². The van der Waals surface area contributed by atoms with Gasteiger partial charge in [0.05, 0.1) is 18.7 Å². The molecule has 5 heteroatoms. The molecule has 1 heterocycles. The van der Waals surface area contributed by atoms with E-state index >= 15 is 0 Å². The zero-order valence-corrected chi connectivity index (χ0v) is 12.1. The molecule has 0 radical (unpaired) electrons. The van der Waals surface area contributed by atoms with Gasteiger partial charge in [-0.1, -0.05) is 30.3 Å². The average Bonchev–Trinajstić information content (AvgIpc) is 2.54. The fourth-order valence-corrected chi connectivity index (χ4v) is 2.36. The molecule has 0 atom stereocenters. The lowest BCUT2D eigenvalue weighted by Gasteiger charge is -2.21. The van der Waals surface area contributed by atoms with E-state index in [1.807, 2.05) is 30.3 Å². The molecule has 2 N–H and O–H groups in total. The van der Waals surface area contributed by atoms with Crippen molar-refractivity contribution < 1.29 is 14.2 Å². The molecule has 1 aliphatic rings. The third kappa shape index (κ3) is 3.31. The van der Waals surface area contributed by atoms with Crippen molar-refractivity contribution in [2.45, 2.75) is 13.0 Å². The molecule has 0 spiro atoms. The second-order valence-corrected chi connectivity index (χ2v) is 5.12. The summed E-state index contributed by atoms with van der Waals surface area (Å²) in [5, 5.41) is 3.15. The minimum absolute atomic E-state index is 0.0622. The fraction of sp³-hybridized carbons (Fsp3) is 0.176. The molecule has 0 saturated heterocycles. The summed E-state index contributed by atoms with van der Waals surface area (Å²) in [6.45, 7) is 1.09. The Kier molecular flexibility index (Phi) is 4.14. The lowest BCUT2D eigenvalue weighted by Crippen LogP contribution is -2.82. The van der Waals surface area contributed by atoms with Gasteiger partial charge in [-0.25, -0.2) is 9.71 Å². The van der Waals surface area contributed by atoms with Crippen molar-refractivity contribution in [3.63, 3.8) is 0 Å². The highest BCUT2D eigenvalue weighted by atomic mass is 19.1. The predicted molar refractivity (Wildman–Crippen MR) is 82.5 cm³/mol. The number of carbonyl (C=O) groups is 1. The quantitative estimate of drug-likeness (QED) is 0.891. The monoisotopic (exact) mass is 298 g/mol. The van der Waals surface area contributed by atoms with Gasteiger partial charge >= 0.3 is 5.96 Å². The number of nitrogens with zero attached hydrogens (tertiary/aromatic N) is 1. The first-order valence-corrected chi connectivity index (χ1v) is 7.20. The SMILES string of the molecule is O=C1CC[NH+]=C(Nc2ccc(F)cc2)N1Cc1ccccc1. The molecule has 0 saturated carbocycles. The van der Waals surface area contributed by atoms with Gasteiger partial charge in [0.2, 0.25) is 0 Å². The second kappa shape index (κ2) is 6.39. The van der Waals surface area contributed by atoms with Crippen LogP contribution in [-0.4, -0.2) is 23.3 Å². The summed E-state index contributed by atoms with van der Waals surface area (Å²) in [5.74, 6) is 0.406. The predicted octanol–water partition coefficient (Wildman–Crippen LogP) is 1.11. The number of guanidine groups is 1. The number of nitrogens with one attached hydrogen (secondary N) is 2. The Hall–Kier alpha value is -2.69. The summed E-state index contributed by atoms with van der Waals surface area (Å²) >= 11 is 0. The summed E-state index contributed by atoms with van der Waals surface area (Å²) in [5.41, 5.74) is 1.79. The molecule has 1 amide bonds. The van der Waals surface area contributed by atoms with E-state index in [-0.39, 0.29) is 11.7 Å². The van der Waals surface area contributed by atoms with E-state index in [1.54, 1.807) is 17.0 Å². The first-order valence-electron chi connectivity index (χ1n) is 7.20. The minimum atomic E-state index is -0.288. The topological polar surface area (TPSA) is 46.3 Å². The maximum absolute atomic E-state index is 13.0. The van der Waals surface area contributed by atoms with Gasteiger partial charge in [0.1, 0.15) is 12.4 Å². The molecule has 2 aromatic carbocycles. The van der Waals surface area contributed by atoms with Gasteiger partial charge in [-0.15, -0.1) is 0 Å². The zero-order valence-electron chi connectivity index (χ0n) is 12.1. The number of amides is 1. The summed E-state index contributed by atoms with van der Waals surface area (Å²) in [6, 6.07) is 15.9. The number of hydrogen-bond acceptors (Lipinski definition) is 2. The van der Waals surface area contributed by atoms with Crippen LogP contribution in [0, 0.1) is 5.82 Å².